The fraction of sp³-hybridized carbons (Fsp3) is 0.235. The zero-order chi connectivity index (χ0) is 16.4. The first kappa shape index (κ1) is 16.3. The quantitative estimate of drug-likeness (QED) is 0.797. The lowest BCUT2D eigenvalue weighted by Gasteiger charge is -2.17. The molecular formula is C17H17ClFNO2. The van der Waals surface area contributed by atoms with Gasteiger partial charge in [-0.25, -0.2) is 9.18 Å². The van der Waals surface area contributed by atoms with Gasteiger partial charge in [-0.3, -0.25) is 0 Å². The first-order chi connectivity index (χ1) is 10.3. The van der Waals surface area contributed by atoms with Gasteiger partial charge in [0.25, 0.3) is 0 Å². The third kappa shape index (κ3) is 3.22. The Hall–Kier alpha value is -2.07. The fourth-order valence-corrected chi connectivity index (χ4v) is 2.49. The molecule has 0 saturated carbocycles. The molecule has 0 heterocycles. The molecule has 2 rings (SSSR count). The van der Waals surface area contributed by atoms with Crippen LogP contribution in [0.4, 0.5) is 15.8 Å². The van der Waals surface area contributed by atoms with Crippen molar-refractivity contribution >= 4 is 28.9 Å². The number of halogens is 2. The topological polar surface area (TPSA) is 49.3 Å². The molecule has 0 fully saturated rings. The van der Waals surface area contributed by atoms with Crippen LogP contribution in [0.15, 0.2) is 30.3 Å². The number of nitrogens with one attached hydrogen (secondary N) is 1. The summed E-state index contributed by atoms with van der Waals surface area (Å²) in [5.74, 6) is -1.28. The summed E-state index contributed by atoms with van der Waals surface area (Å²) in [6.45, 7) is 5.56. The number of benzene rings is 2. The van der Waals surface area contributed by atoms with Crippen LogP contribution in [0, 0.1) is 12.7 Å². The van der Waals surface area contributed by atoms with Crippen molar-refractivity contribution < 1.29 is 14.3 Å². The molecule has 22 heavy (non-hydrogen) atoms. The van der Waals surface area contributed by atoms with E-state index < -0.39 is 5.97 Å². The summed E-state index contributed by atoms with van der Waals surface area (Å²) in [6.07, 6.45) is 0. The van der Waals surface area contributed by atoms with Gasteiger partial charge in [-0.2, -0.15) is 0 Å². The highest BCUT2D eigenvalue weighted by atomic mass is 35.5. The van der Waals surface area contributed by atoms with E-state index in [4.69, 9.17) is 11.6 Å². The minimum atomic E-state index is -1.06. The Bertz CT molecular complexity index is 729. The Kier molecular flexibility index (Phi) is 4.71. The van der Waals surface area contributed by atoms with Crippen LogP contribution in [0.3, 0.4) is 0 Å². The molecule has 0 bridgehead atoms. The van der Waals surface area contributed by atoms with Crippen molar-refractivity contribution in [3.8, 4) is 0 Å². The number of carboxylic acid groups (broad SMARTS) is 1. The van der Waals surface area contributed by atoms with Gasteiger partial charge in [0.2, 0.25) is 0 Å². The summed E-state index contributed by atoms with van der Waals surface area (Å²) in [5, 5.41) is 12.9. The lowest BCUT2D eigenvalue weighted by Crippen LogP contribution is -2.07. The maximum absolute atomic E-state index is 13.4. The Morgan fingerprint density at radius 1 is 1.23 bits per heavy atom. The smallest absolute Gasteiger partial charge is 0.338 e. The molecular weight excluding hydrogens is 305 g/mol. The van der Waals surface area contributed by atoms with Gasteiger partial charge in [-0.15, -0.1) is 0 Å². The van der Waals surface area contributed by atoms with Crippen LogP contribution in [0.25, 0.3) is 0 Å². The van der Waals surface area contributed by atoms with E-state index >= 15 is 0 Å². The molecule has 0 saturated heterocycles. The molecule has 2 aromatic rings. The number of carboxylic acids is 1. The van der Waals surface area contributed by atoms with E-state index in [2.05, 4.69) is 5.32 Å². The number of anilines is 2. The molecule has 0 atom stereocenters. The van der Waals surface area contributed by atoms with E-state index in [-0.39, 0.29) is 17.3 Å². The zero-order valence-corrected chi connectivity index (χ0v) is 13.3. The summed E-state index contributed by atoms with van der Waals surface area (Å²) in [6, 6.07) is 7.67. The monoisotopic (exact) mass is 321 g/mol. The van der Waals surface area contributed by atoms with E-state index in [1.165, 1.54) is 12.1 Å². The summed E-state index contributed by atoms with van der Waals surface area (Å²) >= 11 is 5.99. The van der Waals surface area contributed by atoms with Crippen LogP contribution >= 0.6 is 11.6 Å². The SMILES string of the molecule is Cc1c(Cl)ccc(Nc2ccc(F)cc2C(C)C)c1C(=O)O. The number of hydrogen-bond acceptors (Lipinski definition) is 2. The van der Waals surface area contributed by atoms with Crippen LogP contribution in [0.5, 0.6) is 0 Å². The first-order valence-electron chi connectivity index (χ1n) is 6.90. The molecule has 0 spiro atoms. The van der Waals surface area contributed by atoms with E-state index in [9.17, 15) is 14.3 Å². The third-order valence-corrected chi connectivity index (χ3v) is 3.93. The molecule has 0 radical (unpaired) electrons. The Morgan fingerprint density at radius 3 is 2.45 bits per heavy atom. The van der Waals surface area contributed by atoms with Gasteiger partial charge >= 0.3 is 5.97 Å². The molecule has 0 unspecified atom stereocenters. The second-order valence-corrected chi connectivity index (χ2v) is 5.82. The predicted molar refractivity (Wildman–Crippen MR) is 86.9 cm³/mol. The maximum atomic E-state index is 13.4. The molecule has 0 aliphatic carbocycles. The molecule has 2 N–H and O–H groups in total. The minimum Gasteiger partial charge on any atom is -0.478 e. The van der Waals surface area contributed by atoms with E-state index in [0.717, 1.165) is 5.56 Å². The van der Waals surface area contributed by atoms with E-state index in [0.29, 0.717) is 22.0 Å². The van der Waals surface area contributed by atoms with Crippen LogP contribution in [0.2, 0.25) is 5.02 Å². The van der Waals surface area contributed by atoms with Gasteiger partial charge in [0.15, 0.2) is 0 Å². The molecule has 0 aliphatic heterocycles. The van der Waals surface area contributed by atoms with Gasteiger partial charge in [0.05, 0.1) is 11.3 Å². The minimum absolute atomic E-state index is 0.0971. The summed E-state index contributed by atoms with van der Waals surface area (Å²) in [7, 11) is 0. The predicted octanol–water partition coefficient (Wildman–Crippen LogP) is 5.35. The van der Waals surface area contributed by atoms with Crippen molar-refractivity contribution in [3.05, 3.63) is 57.9 Å². The highest BCUT2D eigenvalue weighted by Crippen LogP contribution is 2.32. The summed E-state index contributed by atoms with van der Waals surface area (Å²) < 4.78 is 13.4. The normalized spacial score (nSPS) is 10.8. The van der Waals surface area contributed by atoms with Crippen molar-refractivity contribution in [1.82, 2.24) is 0 Å². The summed E-state index contributed by atoms with van der Waals surface area (Å²) in [4.78, 5) is 11.5. The van der Waals surface area contributed by atoms with Gasteiger partial charge in [0.1, 0.15) is 5.82 Å². The van der Waals surface area contributed by atoms with Crippen LogP contribution in [0.1, 0.15) is 41.3 Å². The molecule has 3 nitrogen and oxygen atoms in total. The summed E-state index contributed by atoms with van der Waals surface area (Å²) in [5.41, 5.74) is 2.51. The second kappa shape index (κ2) is 6.36. The Balaban J connectivity index is 2.53. The zero-order valence-electron chi connectivity index (χ0n) is 12.6. The van der Waals surface area contributed by atoms with Crippen LogP contribution in [-0.4, -0.2) is 11.1 Å². The highest BCUT2D eigenvalue weighted by molar-refractivity contribution is 6.32. The average Bonchev–Trinajstić information content (AvgIpc) is 2.44. The van der Waals surface area contributed by atoms with Gasteiger partial charge in [0, 0.05) is 10.7 Å². The third-order valence-electron chi connectivity index (χ3n) is 3.52. The molecule has 116 valence electrons. The molecule has 0 aromatic heterocycles. The molecule has 0 aliphatic rings. The fourth-order valence-electron chi connectivity index (χ4n) is 2.34. The lowest BCUT2D eigenvalue weighted by molar-refractivity contribution is 0.0697. The van der Waals surface area contributed by atoms with Crippen molar-refractivity contribution in [2.75, 3.05) is 5.32 Å². The maximum Gasteiger partial charge on any atom is 0.338 e. The van der Waals surface area contributed by atoms with Crippen LogP contribution < -0.4 is 5.32 Å². The van der Waals surface area contributed by atoms with Crippen molar-refractivity contribution in [3.63, 3.8) is 0 Å². The van der Waals surface area contributed by atoms with Gasteiger partial charge in [-0.1, -0.05) is 25.4 Å². The number of rotatable bonds is 4. The number of hydrogen-bond donors (Lipinski definition) is 2. The lowest BCUT2D eigenvalue weighted by atomic mass is 10.00. The number of carbonyl (C=O) groups is 1. The van der Waals surface area contributed by atoms with Gasteiger partial charge < -0.3 is 10.4 Å². The van der Waals surface area contributed by atoms with Crippen molar-refractivity contribution in [2.24, 2.45) is 0 Å². The molecule has 2 aromatic carbocycles. The average molecular weight is 322 g/mol. The largest absolute Gasteiger partial charge is 0.478 e. The Morgan fingerprint density at radius 2 is 1.86 bits per heavy atom. The van der Waals surface area contributed by atoms with Crippen molar-refractivity contribution in [2.45, 2.75) is 26.7 Å². The van der Waals surface area contributed by atoms with E-state index in [1.807, 2.05) is 13.8 Å². The highest BCUT2D eigenvalue weighted by Gasteiger charge is 2.17. The molecule has 0 amide bonds. The van der Waals surface area contributed by atoms with Crippen LogP contribution in [-0.2, 0) is 0 Å². The number of aromatic carboxylic acids is 1. The van der Waals surface area contributed by atoms with E-state index in [1.54, 1.807) is 25.1 Å². The Labute approximate surface area is 133 Å². The van der Waals surface area contributed by atoms with Crippen molar-refractivity contribution in [1.29, 1.82) is 0 Å². The van der Waals surface area contributed by atoms with Gasteiger partial charge in [-0.05, 0) is 54.3 Å². The first-order valence-corrected chi connectivity index (χ1v) is 7.28. The molecule has 5 heteroatoms. The standard InChI is InChI=1S/C17H17ClFNO2/c1-9(2)12-8-11(19)4-6-14(12)20-15-7-5-13(18)10(3)16(15)17(21)22/h4-9,20H,1-3H3,(H,21,22). The second-order valence-electron chi connectivity index (χ2n) is 5.41.